The number of ketones is 1. The van der Waals surface area contributed by atoms with Crippen molar-refractivity contribution < 1.29 is 14.3 Å². The summed E-state index contributed by atoms with van der Waals surface area (Å²) in [6.45, 7) is 12.0. The van der Waals surface area contributed by atoms with Gasteiger partial charge in [-0.3, -0.25) is 9.59 Å². The predicted molar refractivity (Wildman–Crippen MR) is 133 cm³/mol. The van der Waals surface area contributed by atoms with Crippen molar-refractivity contribution in [2.24, 2.45) is 17.3 Å². The maximum atomic E-state index is 12.7. The highest BCUT2D eigenvalue weighted by Gasteiger charge is 2.50. The molecular formula is C28H54O3. The number of esters is 1. The lowest BCUT2D eigenvalue weighted by Gasteiger charge is -2.36. The van der Waals surface area contributed by atoms with Crippen LogP contribution in [0.15, 0.2) is 0 Å². The second kappa shape index (κ2) is 18.7. The number of hydrogen-bond donors (Lipinski definition) is 0. The molecule has 184 valence electrons. The van der Waals surface area contributed by atoms with Crippen LogP contribution in [0.3, 0.4) is 0 Å². The number of rotatable bonds is 21. The minimum atomic E-state index is -1.00. The lowest BCUT2D eigenvalue weighted by atomic mass is 9.66. The third kappa shape index (κ3) is 12.1. The van der Waals surface area contributed by atoms with Crippen LogP contribution in [0.2, 0.25) is 0 Å². The first kappa shape index (κ1) is 30.1. The molecule has 0 heterocycles. The molecular weight excluding hydrogens is 384 g/mol. The summed E-state index contributed by atoms with van der Waals surface area (Å²) in [5.41, 5.74) is -1.00. The summed E-state index contributed by atoms with van der Waals surface area (Å²) in [4.78, 5) is 25.0. The largest absolute Gasteiger partial charge is 0.465 e. The fraction of sp³-hybridized carbons (Fsp3) is 0.929. The van der Waals surface area contributed by atoms with Crippen LogP contribution in [0.1, 0.15) is 144 Å². The molecule has 0 radical (unpaired) electrons. The van der Waals surface area contributed by atoms with E-state index in [2.05, 4.69) is 6.92 Å². The van der Waals surface area contributed by atoms with Gasteiger partial charge in [0.2, 0.25) is 0 Å². The number of Topliss-reactive ketones (excluding diaryl/α,β-unsaturated/α-hetero) is 1. The molecule has 0 atom stereocenters. The molecule has 0 unspecified atom stereocenters. The Labute approximate surface area is 194 Å². The Morgan fingerprint density at radius 2 is 0.935 bits per heavy atom. The third-order valence-corrected chi connectivity index (χ3v) is 6.97. The number of carbonyl (C=O) groups is 2. The highest BCUT2D eigenvalue weighted by atomic mass is 16.5. The highest BCUT2D eigenvalue weighted by Crippen LogP contribution is 2.38. The van der Waals surface area contributed by atoms with E-state index in [1.54, 1.807) is 0 Å². The van der Waals surface area contributed by atoms with Gasteiger partial charge in [0.1, 0.15) is 11.2 Å². The maximum absolute atomic E-state index is 12.7. The lowest BCUT2D eigenvalue weighted by Crippen LogP contribution is -2.48. The standard InChI is InChI=1S/C28H54O3/c1-7-8-9-10-11-12-13-14-15-16-17-18-19-20-21-22-23-31-27(30)28(24(2)3,25(4)5)26(6)29/h24-25H,7-23H2,1-6H3. The van der Waals surface area contributed by atoms with Crippen molar-refractivity contribution in [1.29, 1.82) is 0 Å². The highest BCUT2D eigenvalue weighted by molar-refractivity contribution is 6.03. The fourth-order valence-electron chi connectivity index (χ4n) is 5.03. The van der Waals surface area contributed by atoms with Crippen molar-refractivity contribution in [3.05, 3.63) is 0 Å². The number of unbranched alkanes of at least 4 members (excludes halogenated alkanes) is 15. The summed E-state index contributed by atoms with van der Waals surface area (Å²) in [5, 5.41) is 0. The Morgan fingerprint density at radius 1 is 0.613 bits per heavy atom. The van der Waals surface area contributed by atoms with Gasteiger partial charge in [-0.25, -0.2) is 0 Å². The summed E-state index contributed by atoms with van der Waals surface area (Å²) in [6.07, 6.45) is 21.2. The maximum Gasteiger partial charge on any atom is 0.320 e. The average molecular weight is 439 g/mol. The smallest absolute Gasteiger partial charge is 0.320 e. The van der Waals surface area contributed by atoms with Crippen LogP contribution >= 0.6 is 0 Å². The van der Waals surface area contributed by atoms with Gasteiger partial charge in [0.05, 0.1) is 6.61 Å². The van der Waals surface area contributed by atoms with Crippen LogP contribution in [0, 0.1) is 17.3 Å². The fourth-order valence-corrected chi connectivity index (χ4v) is 5.03. The molecule has 0 aromatic heterocycles. The van der Waals surface area contributed by atoms with Crippen LogP contribution in [-0.2, 0) is 14.3 Å². The normalized spacial score (nSPS) is 12.0. The van der Waals surface area contributed by atoms with Crippen molar-refractivity contribution in [1.82, 2.24) is 0 Å². The van der Waals surface area contributed by atoms with Crippen LogP contribution in [0.25, 0.3) is 0 Å². The van der Waals surface area contributed by atoms with E-state index in [9.17, 15) is 9.59 Å². The zero-order chi connectivity index (χ0) is 23.5. The predicted octanol–water partition coefficient (Wildman–Crippen LogP) is 8.68. The Morgan fingerprint density at radius 3 is 1.23 bits per heavy atom. The van der Waals surface area contributed by atoms with Gasteiger partial charge in [-0.2, -0.15) is 0 Å². The molecule has 0 N–H and O–H groups in total. The summed E-state index contributed by atoms with van der Waals surface area (Å²) in [7, 11) is 0. The molecule has 3 heteroatoms. The van der Waals surface area contributed by atoms with Crippen molar-refractivity contribution in [3.63, 3.8) is 0 Å². The SMILES string of the molecule is CCCCCCCCCCCCCCCCCCOC(=O)C(C(C)=O)(C(C)C)C(C)C. The quantitative estimate of drug-likeness (QED) is 0.102. The van der Waals surface area contributed by atoms with Gasteiger partial charge in [0.15, 0.2) is 0 Å². The van der Waals surface area contributed by atoms with Gasteiger partial charge in [-0.05, 0) is 25.2 Å². The van der Waals surface area contributed by atoms with E-state index in [1.165, 1.54) is 96.8 Å². The molecule has 0 saturated heterocycles. The average Bonchev–Trinajstić information content (AvgIpc) is 2.69. The third-order valence-electron chi connectivity index (χ3n) is 6.97. The van der Waals surface area contributed by atoms with Crippen LogP contribution in [0.4, 0.5) is 0 Å². The van der Waals surface area contributed by atoms with Gasteiger partial charge in [0.25, 0.3) is 0 Å². The van der Waals surface area contributed by atoms with E-state index in [-0.39, 0.29) is 23.6 Å². The van der Waals surface area contributed by atoms with Crippen molar-refractivity contribution in [2.45, 2.75) is 144 Å². The van der Waals surface area contributed by atoms with E-state index >= 15 is 0 Å². The molecule has 0 bridgehead atoms. The summed E-state index contributed by atoms with van der Waals surface area (Å²) < 4.78 is 5.55. The van der Waals surface area contributed by atoms with Gasteiger partial charge in [0, 0.05) is 0 Å². The van der Waals surface area contributed by atoms with E-state index in [4.69, 9.17) is 4.74 Å². The Balaban J connectivity index is 3.65. The molecule has 31 heavy (non-hydrogen) atoms. The Hall–Kier alpha value is -0.860. The van der Waals surface area contributed by atoms with Crippen molar-refractivity contribution in [3.8, 4) is 0 Å². The minimum absolute atomic E-state index is 0.0525. The lowest BCUT2D eigenvalue weighted by molar-refractivity contribution is -0.167. The van der Waals surface area contributed by atoms with E-state index in [0.717, 1.165) is 12.8 Å². The van der Waals surface area contributed by atoms with Crippen LogP contribution in [0.5, 0.6) is 0 Å². The van der Waals surface area contributed by atoms with E-state index < -0.39 is 5.41 Å². The molecule has 0 aromatic carbocycles. The van der Waals surface area contributed by atoms with Gasteiger partial charge < -0.3 is 4.74 Å². The minimum Gasteiger partial charge on any atom is -0.465 e. The van der Waals surface area contributed by atoms with E-state index in [1.807, 2.05) is 27.7 Å². The molecule has 0 fully saturated rings. The molecule has 0 aliphatic carbocycles. The topological polar surface area (TPSA) is 43.4 Å². The zero-order valence-corrected chi connectivity index (χ0v) is 21.9. The Bertz CT molecular complexity index is 445. The second-order valence-electron chi connectivity index (χ2n) is 10.2. The second-order valence-corrected chi connectivity index (χ2v) is 10.2. The van der Waals surface area contributed by atoms with Crippen LogP contribution in [-0.4, -0.2) is 18.4 Å². The number of ether oxygens (including phenoxy) is 1. The van der Waals surface area contributed by atoms with Gasteiger partial charge in [-0.1, -0.05) is 131 Å². The summed E-state index contributed by atoms with van der Waals surface area (Å²) in [6, 6.07) is 0. The van der Waals surface area contributed by atoms with Gasteiger partial charge >= 0.3 is 5.97 Å². The molecule has 0 spiro atoms. The zero-order valence-electron chi connectivity index (χ0n) is 21.9. The Kier molecular flexibility index (Phi) is 18.2. The summed E-state index contributed by atoms with van der Waals surface area (Å²) in [5.74, 6) is -0.507. The van der Waals surface area contributed by atoms with E-state index in [0.29, 0.717) is 6.61 Å². The van der Waals surface area contributed by atoms with Crippen molar-refractivity contribution >= 4 is 11.8 Å². The number of hydrogen-bond acceptors (Lipinski definition) is 3. The first-order valence-corrected chi connectivity index (χ1v) is 13.5. The first-order valence-electron chi connectivity index (χ1n) is 13.5. The van der Waals surface area contributed by atoms with Crippen LogP contribution < -0.4 is 0 Å². The first-order chi connectivity index (χ1) is 14.8. The molecule has 0 aliphatic heterocycles. The monoisotopic (exact) mass is 438 g/mol. The summed E-state index contributed by atoms with van der Waals surface area (Å²) >= 11 is 0. The molecule has 0 amide bonds. The molecule has 0 aliphatic rings. The molecule has 3 nitrogen and oxygen atoms in total. The molecule has 0 saturated carbocycles. The molecule has 0 aromatic rings. The molecule has 0 rings (SSSR count). The van der Waals surface area contributed by atoms with Gasteiger partial charge in [-0.15, -0.1) is 0 Å². The van der Waals surface area contributed by atoms with Crippen molar-refractivity contribution in [2.75, 3.05) is 6.61 Å². The number of carbonyl (C=O) groups excluding carboxylic acids is 2.